The lowest BCUT2D eigenvalue weighted by atomic mass is 9.93. The molecule has 0 radical (unpaired) electrons. The van der Waals surface area contributed by atoms with E-state index in [1.807, 2.05) is 0 Å². The standard InChI is InChI=1S/C12H17BrN2O3S/c1-8-6-9(4-5-10(8)13)19(17,18)15-7-12(2,3)11(14)16/h4-6,15H,7H2,1-3H3,(H2,14,16). The minimum Gasteiger partial charge on any atom is -0.369 e. The molecule has 0 aliphatic rings. The molecule has 19 heavy (non-hydrogen) atoms. The van der Waals surface area contributed by atoms with Crippen LogP contribution in [0, 0.1) is 12.3 Å². The van der Waals surface area contributed by atoms with Crippen LogP contribution in [-0.2, 0) is 14.8 Å². The van der Waals surface area contributed by atoms with Gasteiger partial charge in [-0.25, -0.2) is 13.1 Å². The van der Waals surface area contributed by atoms with Gasteiger partial charge in [0.05, 0.1) is 10.3 Å². The number of nitrogens with one attached hydrogen (secondary N) is 1. The number of hydrogen-bond donors (Lipinski definition) is 2. The van der Waals surface area contributed by atoms with Crippen LogP contribution in [0.5, 0.6) is 0 Å². The molecule has 5 nitrogen and oxygen atoms in total. The van der Waals surface area contributed by atoms with Crippen molar-refractivity contribution in [2.75, 3.05) is 6.54 Å². The number of carbonyl (C=O) groups is 1. The molecule has 0 atom stereocenters. The van der Waals surface area contributed by atoms with Crippen molar-refractivity contribution in [1.29, 1.82) is 0 Å². The van der Waals surface area contributed by atoms with Crippen molar-refractivity contribution in [2.24, 2.45) is 11.1 Å². The molecule has 0 bridgehead atoms. The van der Waals surface area contributed by atoms with E-state index in [1.165, 1.54) is 6.07 Å². The third-order valence-corrected chi connectivity index (χ3v) is 5.10. The molecule has 0 aromatic heterocycles. The lowest BCUT2D eigenvalue weighted by Crippen LogP contribution is -2.42. The summed E-state index contributed by atoms with van der Waals surface area (Å²) in [5.74, 6) is -0.554. The van der Waals surface area contributed by atoms with Gasteiger partial charge in [0.1, 0.15) is 0 Å². The second-order valence-electron chi connectivity index (χ2n) is 4.98. The number of primary amides is 1. The van der Waals surface area contributed by atoms with Crippen molar-refractivity contribution in [3.8, 4) is 0 Å². The van der Waals surface area contributed by atoms with Crippen LogP contribution in [0.4, 0.5) is 0 Å². The Morgan fingerprint density at radius 3 is 2.47 bits per heavy atom. The SMILES string of the molecule is Cc1cc(S(=O)(=O)NCC(C)(C)C(N)=O)ccc1Br. The third-order valence-electron chi connectivity index (χ3n) is 2.81. The molecule has 7 heteroatoms. The van der Waals surface area contributed by atoms with Crippen molar-refractivity contribution in [2.45, 2.75) is 25.7 Å². The summed E-state index contributed by atoms with van der Waals surface area (Å²) in [5.41, 5.74) is 5.09. The fraction of sp³-hybridized carbons (Fsp3) is 0.417. The fourth-order valence-electron chi connectivity index (χ4n) is 1.23. The monoisotopic (exact) mass is 348 g/mol. The highest BCUT2D eigenvalue weighted by atomic mass is 79.9. The van der Waals surface area contributed by atoms with E-state index in [9.17, 15) is 13.2 Å². The molecule has 0 aliphatic heterocycles. The molecule has 0 aliphatic carbocycles. The number of benzene rings is 1. The smallest absolute Gasteiger partial charge is 0.240 e. The minimum atomic E-state index is -3.64. The highest BCUT2D eigenvalue weighted by Crippen LogP contribution is 2.20. The van der Waals surface area contributed by atoms with Gasteiger partial charge in [-0.3, -0.25) is 4.79 Å². The van der Waals surface area contributed by atoms with Gasteiger partial charge in [0.2, 0.25) is 15.9 Å². The first-order chi connectivity index (χ1) is 8.56. The Kier molecular flexibility index (Phi) is 4.76. The van der Waals surface area contributed by atoms with Crippen LogP contribution < -0.4 is 10.5 Å². The first-order valence-corrected chi connectivity index (χ1v) is 7.89. The maximum atomic E-state index is 12.1. The van der Waals surface area contributed by atoms with Crippen molar-refractivity contribution in [3.05, 3.63) is 28.2 Å². The molecule has 0 saturated heterocycles. The van der Waals surface area contributed by atoms with Gasteiger partial charge < -0.3 is 5.73 Å². The van der Waals surface area contributed by atoms with E-state index in [-0.39, 0.29) is 11.4 Å². The number of aryl methyl sites for hydroxylation is 1. The molecule has 1 rings (SSSR count). The van der Waals surface area contributed by atoms with Gasteiger partial charge in [0.15, 0.2) is 0 Å². The summed E-state index contributed by atoms with van der Waals surface area (Å²) in [6.07, 6.45) is 0. The molecule has 0 fully saturated rings. The summed E-state index contributed by atoms with van der Waals surface area (Å²) in [6, 6.07) is 4.73. The zero-order valence-electron chi connectivity index (χ0n) is 11.0. The van der Waals surface area contributed by atoms with E-state index >= 15 is 0 Å². The number of carbonyl (C=O) groups excluding carboxylic acids is 1. The maximum absolute atomic E-state index is 12.1. The van der Waals surface area contributed by atoms with Gasteiger partial charge in [-0.2, -0.15) is 0 Å². The fourth-order valence-corrected chi connectivity index (χ4v) is 2.77. The second-order valence-corrected chi connectivity index (χ2v) is 7.60. The van der Waals surface area contributed by atoms with Crippen LogP contribution in [0.1, 0.15) is 19.4 Å². The van der Waals surface area contributed by atoms with E-state index in [4.69, 9.17) is 5.73 Å². The lowest BCUT2D eigenvalue weighted by Gasteiger charge is -2.20. The summed E-state index contributed by atoms with van der Waals surface area (Å²) in [4.78, 5) is 11.3. The summed E-state index contributed by atoms with van der Waals surface area (Å²) in [7, 11) is -3.64. The number of rotatable bonds is 5. The van der Waals surface area contributed by atoms with Crippen molar-refractivity contribution >= 4 is 31.9 Å². The summed E-state index contributed by atoms with van der Waals surface area (Å²) >= 11 is 3.31. The number of nitrogens with two attached hydrogens (primary N) is 1. The Labute approximate surface area is 121 Å². The lowest BCUT2D eigenvalue weighted by molar-refractivity contribution is -0.125. The van der Waals surface area contributed by atoms with Crippen molar-refractivity contribution in [1.82, 2.24) is 4.72 Å². The summed E-state index contributed by atoms with van der Waals surface area (Å²) in [5, 5.41) is 0. The zero-order valence-corrected chi connectivity index (χ0v) is 13.4. The number of halogens is 1. The zero-order chi connectivity index (χ0) is 14.8. The number of hydrogen-bond acceptors (Lipinski definition) is 3. The highest BCUT2D eigenvalue weighted by molar-refractivity contribution is 9.10. The van der Waals surface area contributed by atoms with E-state index in [2.05, 4.69) is 20.7 Å². The average Bonchev–Trinajstić information content (AvgIpc) is 2.30. The molecule has 0 spiro atoms. The predicted molar refractivity (Wildman–Crippen MR) is 77.0 cm³/mol. The van der Waals surface area contributed by atoms with Gasteiger partial charge in [0.25, 0.3) is 0 Å². The first-order valence-electron chi connectivity index (χ1n) is 5.62. The van der Waals surface area contributed by atoms with Crippen molar-refractivity contribution in [3.63, 3.8) is 0 Å². The molecule has 3 N–H and O–H groups in total. The Morgan fingerprint density at radius 1 is 1.42 bits per heavy atom. The third kappa shape index (κ3) is 4.02. The van der Waals surface area contributed by atoms with Gasteiger partial charge in [-0.05, 0) is 44.5 Å². The average molecular weight is 349 g/mol. The molecule has 1 aromatic rings. The minimum absolute atomic E-state index is 0.0419. The van der Waals surface area contributed by atoms with Crippen LogP contribution >= 0.6 is 15.9 Å². The summed E-state index contributed by atoms with van der Waals surface area (Å²) in [6.45, 7) is 4.94. The van der Waals surface area contributed by atoms with Crippen LogP contribution in [0.2, 0.25) is 0 Å². The summed E-state index contributed by atoms with van der Waals surface area (Å²) < 4.78 is 27.4. The van der Waals surface area contributed by atoms with Crippen molar-refractivity contribution < 1.29 is 13.2 Å². The van der Waals surface area contributed by atoms with Gasteiger partial charge >= 0.3 is 0 Å². The van der Waals surface area contributed by atoms with Crippen LogP contribution in [0.25, 0.3) is 0 Å². The highest BCUT2D eigenvalue weighted by Gasteiger charge is 2.27. The quantitative estimate of drug-likeness (QED) is 0.845. The Hall–Kier alpha value is -0.920. The van der Waals surface area contributed by atoms with Crippen LogP contribution in [0.15, 0.2) is 27.6 Å². The Morgan fingerprint density at radius 2 is 2.00 bits per heavy atom. The maximum Gasteiger partial charge on any atom is 0.240 e. The van der Waals surface area contributed by atoms with E-state index in [1.54, 1.807) is 32.9 Å². The molecule has 0 saturated carbocycles. The largest absolute Gasteiger partial charge is 0.369 e. The topological polar surface area (TPSA) is 89.3 Å². The Bertz CT molecular complexity index is 597. The van der Waals surface area contributed by atoms with Crippen LogP contribution in [-0.4, -0.2) is 20.9 Å². The Balaban J connectivity index is 2.93. The number of sulfonamides is 1. The van der Waals surface area contributed by atoms with Gasteiger partial charge in [-0.1, -0.05) is 15.9 Å². The van der Waals surface area contributed by atoms with E-state index in [0.717, 1.165) is 10.0 Å². The molecular weight excluding hydrogens is 332 g/mol. The van der Waals surface area contributed by atoms with E-state index < -0.39 is 21.3 Å². The number of amides is 1. The van der Waals surface area contributed by atoms with Crippen LogP contribution in [0.3, 0.4) is 0 Å². The first kappa shape index (κ1) is 16.1. The van der Waals surface area contributed by atoms with Gasteiger partial charge in [-0.15, -0.1) is 0 Å². The predicted octanol–water partition coefficient (Wildman–Crippen LogP) is 1.55. The molecule has 0 heterocycles. The molecule has 1 aromatic carbocycles. The molecule has 106 valence electrons. The normalized spacial score (nSPS) is 12.4. The molecular formula is C12H17BrN2O3S. The molecule has 0 unspecified atom stereocenters. The van der Waals surface area contributed by atoms with Gasteiger partial charge in [0, 0.05) is 11.0 Å². The molecule has 1 amide bonds. The second kappa shape index (κ2) is 5.60. The van der Waals surface area contributed by atoms with E-state index in [0.29, 0.717) is 0 Å².